The van der Waals surface area contributed by atoms with Crippen LogP contribution in [0.5, 0.6) is 0 Å². The molecule has 0 aliphatic carbocycles. The summed E-state index contributed by atoms with van der Waals surface area (Å²) >= 11 is 1.34. The van der Waals surface area contributed by atoms with Crippen LogP contribution in [-0.2, 0) is 16.0 Å². The molecule has 3 rings (SSSR count). The average Bonchev–Trinajstić information content (AvgIpc) is 3.27. The highest BCUT2D eigenvalue weighted by Gasteiger charge is 2.32. The highest BCUT2D eigenvalue weighted by molar-refractivity contribution is 7.13. The van der Waals surface area contributed by atoms with Crippen LogP contribution in [-0.4, -0.2) is 33.4 Å². The lowest BCUT2D eigenvalue weighted by Gasteiger charge is -2.22. The van der Waals surface area contributed by atoms with Gasteiger partial charge in [-0.05, 0) is 19.8 Å². The molecule has 0 saturated carbocycles. The summed E-state index contributed by atoms with van der Waals surface area (Å²) in [7, 11) is 0. The first-order valence-corrected chi connectivity index (χ1v) is 9.30. The number of anilines is 1. The number of hydrogen-bond donors (Lipinski definition) is 1. The Balaban J connectivity index is 1.64. The van der Waals surface area contributed by atoms with Crippen molar-refractivity contribution < 1.29 is 14.1 Å². The number of aryl methyl sites for hydroxylation is 1. The molecule has 2 aromatic rings. The molecule has 3 heterocycles. The summed E-state index contributed by atoms with van der Waals surface area (Å²) in [5, 5.41) is 9.18. The van der Waals surface area contributed by atoms with Gasteiger partial charge in [0, 0.05) is 23.9 Å². The largest absolute Gasteiger partial charge is 0.361 e. The van der Waals surface area contributed by atoms with Crippen molar-refractivity contribution in [3.05, 3.63) is 28.6 Å². The lowest BCUT2D eigenvalue weighted by Crippen LogP contribution is -2.32. The van der Waals surface area contributed by atoms with E-state index in [1.165, 1.54) is 11.3 Å². The lowest BCUT2D eigenvalue weighted by molar-refractivity contribution is -0.131. The van der Waals surface area contributed by atoms with E-state index in [9.17, 15) is 9.59 Å². The molecule has 0 aromatic carbocycles. The zero-order valence-corrected chi connectivity index (χ0v) is 15.4. The van der Waals surface area contributed by atoms with Gasteiger partial charge in [-0.2, -0.15) is 0 Å². The SMILES string of the molecule is Cc1cc(C2CCCN2C(=O)Cc2csc(NC(=O)C(C)C)n2)no1. The van der Waals surface area contributed by atoms with Crippen molar-refractivity contribution in [3.8, 4) is 0 Å². The molecule has 1 aliphatic heterocycles. The zero-order chi connectivity index (χ0) is 18.0. The third-order valence-electron chi connectivity index (χ3n) is 4.20. The van der Waals surface area contributed by atoms with Gasteiger partial charge in [-0.25, -0.2) is 4.98 Å². The quantitative estimate of drug-likeness (QED) is 0.883. The number of carbonyl (C=O) groups is 2. The molecule has 1 fully saturated rings. The Morgan fingerprint density at radius 2 is 2.28 bits per heavy atom. The molecule has 25 heavy (non-hydrogen) atoms. The number of likely N-dealkylation sites (tertiary alicyclic amines) is 1. The number of rotatable bonds is 5. The number of thiazole rings is 1. The second-order valence-electron chi connectivity index (χ2n) is 6.57. The van der Waals surface area contributed by atoms with Gasteiger partial charge in [-0.1, -0.05) is 19.0 Å². The highest BCUT2D eigenvalue weighted by atomic mass is 32.1. The summed E-state index contributed by atoms with van der Waals surface area (Å²) in [6.45, 7) is 6.22. The molecular weight excluding hydrogens is 340 g/mol. The molecule has 0 bridgehead atoms. The maximum absolute atomic E-state index is 12.7. The van der Waals surface area contributed by atoms with E-state index in [1.54, 1.807) is 0 Å². The normalized spacial score (nSPS) is 17.3. The monoisotopic (exact) mass is 362 g/mol. The predicted octanol–water partition coefficient (Wildman–Crippen LogP) is 2.94. The molecule has 0 radical (unpaired) electrons. The molecule has 7 nitrogen and oxygen atoms in total. The van der Waals surface area contributed by atoms with Crippen LogP contribution in [0, 0.1) is 12.8 Å². The van der Waals surface area contributed by atoms with Gasteiger partial charge in [0.2, 0.25) is 11.8 Å². The Labute approximate surface area is 150 Å². The Hall–Kier alpha value is -2.22. The molecule has 1 N–H and O–H groups in total. The summed E-state index contributed by atoms with van der Waals surface area (Å²) in [4.78, 5) is 30.6. The van der Waals surface area contributed by atoms with Gasteiger partial charge < -0.3 is 14.7 Å². The van der Waals surface area contributed by atoms with E-state index < -0.39 is 0 Å². The van der Waals surface area contributed by atoms with Crippen LogP contribution >= 0.6 is 11.3 Å². The summed E-state index contributed by atoms with van der Waals surface area (Å²) < 4.78 is 5.14. The molecule has 8 heteroatoms. The first-order chi connectivity index (χ1) is 11.9. The molecule has 0 spiro atoms. The summed E-state index contributed by atoms with van der Waals surface area (Å²) in [6, 6.07) is 1.86. The number of carbonyl (C=O) groups excluding carboxylic acids is 2. The molecular formula is C17H22N4O3S. The van der Waals surface area contributed by atoms with Crippen molar-refractivity contribution in [2.45, 2.75) is 46.1 Å². The van der Waals surface area contributed by atoms with Crippen molar-refractivity contribution in [1.29, 1.82) is 0 Å². The summed E-state index contributed by atoms with van der Waals surface area (Å²) in [5.74, 6) is 0.591. The molecule has 1 aliphatic rings. The first kappa shape index (κ1) is 17.6. The molecule has 1 saturated heterocycles. The Bertz CT molecular complexity index is 768. The maximum Gasteiger partial charge on any atom is 0.229 e. The molecule has 134 valence electrons. The van der Waals surface area contributed by atoms with Gasteiger partial charge in [-0.15, -0.1) is 11.3 Å². The van der Waals surface area contributed by atoms with Crippen LogP contribution in [0.3, 0.4) is 0 Å². The fourth-order valence-corrected chi connectivity index (χ4v) is 3.58. The van der Waals surface area contributed by atoms with Crippen molar-refractivity contribution >= 4 is 28.3 Å². The van der Waals surface area contributed by atoms with E-state index in [2.05, 4.69) is 15.5 Å². The standard InChI is InChI=1S/C17H22N4O3S/c1-10(2)16(23)19-17-18-12(9-25-17)8-15(22)21-6-4-5-14(21)13-7-11(3)24-20-13/h7,9-10,14H,4-6,8H2,1-3H3,(H,18,19,23). The lowest BCUT2D eigenvalue weighted by atomic mass is 10.1. The minimum absolute atomic E-state index is 0.0233. The van der Waals surface area contributed by atoms with Gasteiger partial charge in [0.1, 0.15) is 11.5 Å². The van der Waals surface area contributed by atoms with Gasteiger partial charge >= 0.3 is 0 Å². The van der Waals surface area contributed by atoms with E-state index in [-0.39, 0.29) is 30.2 Å². The highest BCUT2D eigenvalue weighted by Crippen LogP contribution is 2.32. The molecule has 1 atom stereocenters. The first-order valence-electron chi connectivity index (χ1n) is 8.42. The van der Waals surface area contributed by atoms with E-state index in [1.807, 2.05) is 37.1 Å². The van der Waals surface area contributed by atoms with Crippen molar-refractivity contribution in [1.82, 2.24) is 15.0 Å². The van der Waals surface area contributed by atoms with Gasteiger partial charge in [0.15, 0.2) is 5.13 Å². The third kappa shape index (κ3) is 4.07. The number of aromatic nitrogens is 2. The molecule has 2 aromatic heterocycles. The van der Waals surface area contributed by atoms with Crippen molar-refractivity contribution in [2.75, 3.05) is 11.9 Å². The fourth-order valence-electron chi connectivity index (χ4n) is 2.87. The fraction of sp³-hybridized carbons (Fsp3) is 0.529. The van der Waals surface area contributed by atoms with Gasteiger partial charge in [0.05, 0.1) is 18.2 Å². The van der Waals surface area contributed by atoms with Crippen LogP contribution in [0.15, 0.2) is 16.0 Å². The van der Waals surface area contributed by atoms with E-state index >= 15 is 0 Å². The molecule has 2 amide bonds. The van der Waals surface area contributed by atoms with Gasteiger partial charge in [0.25, 0.3) is 0 Å². The molecule has 1 unspecified atom stereocenters. The summed E-state index contributed by atoms with van der Waals surface area (Å²) in [5.41, 5.74) is 1.49. The minimum atomic E-state index is -0.106. The number of nitrogens with zero attached hydrogens (tertiary/aromatic N) is 3. The van der Waals surface area contributed by atoms with Crippen LogP contribution in [0.2, 0.25) is 0 Å². The van der Waals surface area contributed by atoms with Crippen LogP contribution in [0.1, 0.15) is 49.9 Å². The van der Waals surface area contributed by atoms with Crippen LogP contribution in [0.4, 0.5) is 5.13 Å². The van der Waals surface area contributed by atoms with Crippen molar-refractivity contribution in [3.63, 3.8) is 0 Å². The van der Waals surface area contributed by atoms with E-state index in [4.69, 9.17) is 4.52 Å². The number of amides is 2. The number of nitrogens with one attached hydrogen (secondary N) is 1. The smallest absolute Gasteiger partial charge is 0.229 e. The minimum Gasteiger partial charge on any atom is -0.361 e. The zero-order valence-electron chi connectivity index (χ0n) is 14.6. The topological polar surface area (TPSA) is 88.3 Å². The third-order valence-corrected chi connectivity index (χ3v) is 5.01. The number of hydrogen-bond acceptors (Lipinski definition) is 6. The second-order valence-corrected chi connectivity index (χ2v) is 7.43. The maximum atomic E-state index is 12.7. The van der Waals surface area contributed by atoms with Crippen LogP contribution in [0.25, 0.3) is 0 Å². The average molecular weight is 362 g/mol. The van der Waals surface area contributed by atoms with Crippen LogP contribution < -0.4 is 5.32 Å². The summed E-state index contributed by atoms with van der Waals surface area (Å²) in [6.07, 6.45) is 2.07. The van der Waals surface area contributed by atoms with Crippen molar-refractivity contribution in [2.24, 2.45) is 5.92 Å². The Morgan fingerprint density at radius 1 is 1.48 bits per heavy atom. The van der Waals surface area contributed by atoms with E-state index in [0.717, 1.165) is 30.8 Å². The van der Waals surface area contributed by atoms with E-state index in [0.29, 0.717) is 10.8 Å². The van der Waals surface area contributed by atoms with Gasteiger partial charge in [-0.3, -0.25) is 9.59 Å². The second kappa shape index (κ2) is 7.35. The predicted molar refractivity (Wildman–Crippen MR) is 94.2 cm³/mol. The Morgan fingerprint density at radius 3 is 2.96 bits per heavy atom. The Kier molecular flexibility index (Phi) is 5.17.